The zero-order chi connectivity index (χ0) is 17.0. The van der Waals surface area contributed by atoms with Gasteiger partial charge in [-0.3, -0.25) is 4.57 Å². The molecule has 0 aliphatic heterocycles. The van der Waals surface area contributed by atoms with Crippen molar-refractivity contribution < 1.29 is 28.6 Å². The molecule has 7 nitrogen and oxygen atoms in total. The maximum absolute atomic E-state index is 12.8. The van der Waals surface area contributed by atoms with Crippen LogP contribution < -0.4 is 0 Å². The van der Waals surface area contributed by atoms with Gasteiger partial charge in [0, 0.05) is 25.5 Å². The van der Waals surface area contributed by atoms with Crippen LogP contribution in [0.25, 0.3) is 0 Å². The molecule has 0 atom stereocenters. The Morgan fingerprint density at radius 2 is 1.64 bits per heavy atom. The van der Waals surface area contributed by atoms with E-state index >= 15 is 0 Å². The number of benzene rings is 1. The van der Waals surface area contributed by atoms with Gasteiger partial charge in [-0.25, -0.2) is 0 Å². The average molecular weight is 331 g/mol. The monoisotopic (exact) mass is 331 g/mol. The first-order valence-corrected chi connectivity index (χ1v) is 8.44. The van der Waals surface area contributed by atoms with E-state index in [-0.39, 0.29) is 30.3 Å². The molecule has 124 valence electrons. The van der Waals surface area contributed by atoms with Crippen molar-refractivity contribution in [3.63, 3.8) is 0 Å². The fourth-order valence-corrected chi connectivity index (χ4v) is 3.49. The second kappa shape index (κ2) is 7.13. The van der Waals surface area contributed by atoms with Gasteiger partial charge in [0.1, 0.15) is 11.5 Å². The molecule has 0 unspecified atom stereocenters. The van der Waals surface area contributed by atoms with Gasteiger partial charge in [0.25, 0.3) is 5.28 Å². The topological polar surface area (TPSA) is 102 Å². The molecule has 0 aliphatic rings. The SMILES string of the molecule is CCOP(=O)(OCC)C(C)(C)/[N+]([O-])=C/c1cc(O)cc(O)c1. The minimum absolute atomic E-state index is 0.140. The molecule has 0 spiro atoms. The second-order valence-electron chi connectivity index (χ2n) is 5.07. The van der Waals surface area contributed by atoms with Crippen LogP contribution in [0, 0.1) is 5.21 Å². The molecule has 0 aliphatic carbocycles. The zero-order valence-electron chi connectivity index (χ0n) is 13.1. The summed E-state index contributed by atoms with van der Waals surface area (Å²) >= 11 is 0. The molecule has 8 heteroatoms. The van der Waals surface area contributed by atoms with Gasteiger partial charge in [-0.1, -0.05) is 0 Å². The third-order valence-electron chi connectivity index (χ3n) is 3.00. The van der Waals surface area contributed by atoms with Gasteiger partial charge in [0.05, 0.1) is 13.2 Å². The van der Waals surface area contributed by atoms with Crippen LogP contribution in [-0.4, -0.2) is 39.7 Å². The molecule has 0 saturated heterocycles. The van der Waals surface area contributed by atoms with E-state index in [1.54, 1.807) is 13.8 Å². The minimum atomic E-state index is -3.68. The highest BCUT2D eigenvalue weighted by atomic mass is 31.2. The van der Waals surface area contributed by atoms with Gasteiger partial charge in [-0.15, -0.1) is 0 Å². The van der Waals surface area contributed by atoms with Crippen molar-refractivity contribution in [2.45, 2.75) is 33.0 Å². The van der Waals surface area contributed by atoms with Crippen LogP contribution in [0.1, 0.15) is 33.3 Å². The van der Waals surface area contributed by atoms with Crippen LogP contribution >= 0.6 is 7.60 Å². The summed E-state index contributed by atoms with van der Waals surface area (Å²) in [5.74, 6) is -0.370. The van der Waals surface area contributed by atoms with Gasteiger partial charge in [0.2, 0.25) is 0 Å². The Bertz CT molecular complexity index is 569. The first-order valence-electron chi connectivity index (χ1n) is 6.90. The van der Waals surface area contributed by atoms with Gasteiger partial charge >= 0.3 is 7.60 Å². The van der Waals surface area contributed by atoms with Crippen molar-refractivity contribution in [1.82, 2.24) is 0 Å². The van der Waals surface area contributed by atoms with Crippen molar-refractivity contribution in [2.75, 3.05) is 13.2 Å². The summed E-state index contributed by atoms with van der Waals surface area (Å²) in [5.41, 5.74) is 0.264. The van der Waals surface area contributed by atoms with Crippen molar-refractivity contribution >= 4 is 13.8 Å². The van der Waals surface area contributed by atoms with Gasteiger partial charge < -0.3 is 24.5 Å². The minimum Gasteiger partial charge on any atom is -0.623 e. The summed E-state index contributed by atoms with van der Waals surface area (Å²) in [6.07, 6.45) is 1.12. The lowest BCUT2D eigenvalue weighted by Crippen LogP contribution is -2.35. The molecule has 22 heavy (non-hydrogen) atoms. The molecular weight excluding hydrogens is 309 g/mol. The first kappa shape index (κ1) is 18.5. The highest BCUT2D eigenvalue weighted by Gasteiger charge is 2.51. The molecule has 0 aromatic heterocycles. The number of aromatic hydroxyl groups is 2. The van der Waals surface area contributed by atoms with E-state index in [9.17, 15) is 20.0 Å². The lowest BCUT2D eigenvalue weighted by molar-refractivity contribution is -0.510. The Hall–Kier alpha value is -1.56. The summed E-state index contributed by atoms with van der Waals surface area (Å²) in [6, 6.07) is 3.74. The van der Waals surface area contributed by atoms with E-state index in [1.165, 1.54) is 26.0 Å². The molecular formula is C14H22NO6P. The zero-order valence-corrected chi connectivity index (χ0v) is 14.0. The highest BCUT2D eigenvalue weighted by molar-refractivity contribution is 7.55. The van der Waals surface area contributed by atoms with Crippen LogP contribution in [0.5, 0.6) is 11.5 Å². The lowest BCUT2D eigenvalue weighted by Gasteiger charge is -2.30. The fourth-order valence-electron chi connectivity index (χ4n) is 1.80. The van der Waals surface area contributed by atoms with Crippen LogP contribution in [0.4, 0.5) is 0 Å². The van der Waals surface area contributed by atoms with E-state index in [1.807, 2.05) is 0 Å². The summed E-state index contributed by atoms with van der Waals surface area (Å²) in [5, 5.41) is 29.8. The molecule has 0 bridgehead atoms. The summed E-state index contributed by atoms with van der Waals surface area (Å²) in [7, 11) is -3.68. The maximum Gasteiger partial charge on any atom is 0.401 e. The van der Waals surface area contributed by atoms with Crippen molar-refractivity contribution in [1.29, 1.82) is 0 Å². The normalized spacial score (nSPS) is 13.4. The molecule has 0 amide bonds. The van der Waals surface area contributed by atoms with Crippen molar-refractivity contribution in [3.8, 4) is 11.5 Å². The molecule has 1 rings (SSSR count). The Balaban J connectivity index is 3.23. The molecule has 0 saturated carbocycles. The number of phenolic OH excluding ortho intramolecular Hbond substituents is 2. The molecule has 1 aromatic rings. The molecule has 0 fully saturated rings. The van der Waals surface area contributed by atoms with Crippen LogP contribution in [0.2, 0.25) is 0 Å². The number of phenols is 2. The Kier molecular flexibility index (Phi) is 6.00. The van der Waals surface area contributed by atoms with Crippen LogP contribution in [0.15, 0.2) is 18.2 Å². The van der Waals surface area contributed by atoms with E-state index < -0.39 is 12.9 Å². The second-order valence-corrected chi connectivity index (χ2v) is 7.67. The van der Waals surface area contributed by atoms with E-state index in [4.69, 9.17) is 9.05 Å². The summed E-state index contributed by atoms with van der Waals surface area (Å²) < 4.78 is 23.7. The third kappa shape index (κ3) is 4.00. The molecule has 1 aromatic carbocycles. The number of hydrogen-bond acceptors (Lipinski definition) is 6. The number of nitrogens with zero attached hydrogens (tertiary/aromatic N) is 1. The third-order valence-corrected chi connectivity index (χ3v) is 5.73. The Morgan fingerprint density at radius 1 is 1.18 bits per heavy atom. The first-order chi connectivity index (χ1) is 10.2. The van der Waals surface area contributed by atoms with Crippen LogP contribution in [0.3, 0.4) is 0 Å². The van der Waals surface area contributed by atoms with Gasteiger partial charge in [-0.2, -0.15) is 4.74 Å². The molecule has 0 heterocycles. The lowest BCUT2D eigenvalue weighted by atomic mass is 10.2. The van der Waals surface area contributed by atoms with Gasteiger partial charge in [-0.05, 0) is 26.0 Å². The summed E-state index contributed by atoms with van der Waals surface area (Å²) in [4.78, 5) is 0. The molecule has 0 radical (unpaired) electrons. The van der Waals surface area contributed by atoms with Gasteiger partial charge in [0.15, 0.2) is 6.21 Å². The number of rotatable bonds is 7. The number of hydroxylamine groups is 1. The largest absolute Gasteiger partial charge is 0.623 e. The smallest absolute Gasteiger partial charge is 0.401 e. The maximum atomic E-state index is 12.8. The Labute approximate surface area is 129 Å². The highest BCUT2D eigenvalue weighted by Crippen LogP contribution is 2.59. The fraction of sp³-hybridized carbons (Fsp3) is 0.500. The van der Waals surface area contributed by atoms with Crippen molar-refractivity contribution in [3.05, 3.63) is 29.0 Å². The average Bonchev–Trinajstić information content (AvgIpc) is 2.37. The standard InChI is InChI=1S/C14H22NO6P/c1-5-20-22(19,21-6-2)14(3,4)15(18)10-11-7-12(16)9-13(17)8-11/h7-10,16-17H,5-6H2,1-4H3/b15-10-. The van der Waals surface area contributed by atoms with Crippen LogP contribution in [-0.2, 0) is 13.6 Å². The van der Waals surface area contributed by atoms with E-state index in [2.05, 4.69) is 0 Å². The quantitative estimate of drug-likeness (QED) is 0.262. The predicted molar refractivity (Wildman–Crippen MR) is 83.5 cm³/mol. The summed E-state index contributed by atoms with van der Waals surface area (Å²) in [6.45, 7) is 6.50. The Morgan fingerprint density at radius 3 is 2.05 bits per heavy atom. The van der Waals surface area contributed by atoms with E-state index in [0.29, 0.717) is 4.74 Å². The van der Waals surface area contributed by atoms with Crippen molar-refractivity contribution in [2.24, 2.45) is 0 Å². The predicted octanol–water partition coefficient (Wildman–Crippen LogP) is 3.03. The molecule has 2 N–H and O–H groups in total. The van der Waals surface area contributed by atoms with E-state index in [0.717, 1.165) is 12.3 Å². The number of hydrogen-bond donors (Lipinski definition) is 2.